The molecule has 2 N–H and O–H groups in total. The van der Waals surface area contributed by atoms with E-state index in [1.54, 1.807) is 19.1 Å². The lowest BCUT2D eigenvalue weighted by molar-refractivity contribution is -0.141. The van der Waals surface area contributed by atoms with Gasteiger partial charge >= 0.3 is 5.97 Å². The summed E-state index contributed by atoms with van der Waals surface area (Å²) < 4.78 is 5.27. The third-order valence-electron chi connectivity index (χ3n) is 3.21. The first-order valence-electron chi connectivity index (χ1n) is 6.67. The molecular weight excluding hydrogens is 312 g/mol. The number of amides is 2. The highest BCUT2D eigenvalue weighted by molar-refractivity contribution is 6.31. The van der Waals surface area contributed by atoms with Gasteiger partial charge in [-0.15, -0.1) is 0 Å². The van der Waals surface area contributed by atoms with Crippen LogP contribution in [-0.2, 0) is 14.4 Å². The molecule has 0 radical (unpaired) electrons. The van der Waals surface area contributed by atoms with E-state index in [1.807, 2.05) is 0 Å². The van der Waals surface area contributed by atoms with Gasteiger partial charge in [-0.1, -0.05) is 18.5 Å². The number of benzene rings is 1. The van der Waals surface area contributed by atoms with Gasteiger partial charge in [-0.25, -0.2) is 4.79 Å². The van der Waals surface area contributed by atoms with Crippen molar-refractivity contribution in [2.45, 2.75) is 19.4 Å². The van der Waals surface area contributed by atoms with E-state index >= 15 is 0 Å². The van der Waals surface area contributed by atoms with Gasteiger partial charge in [0.05, 0.1) is 5.69 Å². The molecule has 1 aromatic rings. The van der Waals surface area contributed by atoms with Crippen molar-refractivity contribution in [2.75, 3.05) is 18.1 Å². The maximum absolute atomic E-state index is 12.0. The molecule has 1 unspecified atom stereocenters. The zero-order valence-electron chi connectivity index (χ0n) is 11.8. The number of aliphatic carboxylic acids is 1. The molecule has 0 saturated carbocycles. The van der Waals surface area contributed by atoms with Gasteiger partial charge in [0.2, 0.25) is 5.91 Å². The molecule has 118 valence electrons. The van der Waals surface area contributed by atoms with E-state index in [4.69, 9.17) is 21.4 Å². The van der Waals surface area contributed by atoms with Gasteiger partial charge in [0.25, 0.3) is 5.91 Å². The summed E-state index contributed by atoms with van der Waals surface area (Å²) >= 11 is 5.90. The van der Waals surface area contributed by atoms with E-state index in [1.165, 1.54) is 11.0 Å². The number of ether oxygens (including phenoxy) is 1. The van der Waals surface area contributed by atoms with Crippen molar-refractivity contribution in [3.05, 3.63) is 23.2 Å². The SMILES string of the molecule is CCC(NC(=O)CN1C(=O)COc2ccc(Cl)cc21)C(=O)O. The van der Waals surface area contributed by atoms with Crippen molar-refractivity contribution in [3.8, 4) is 5.75 Å². The normalized spacial score (nSPS) is 14.8. The average Bonchev–Trinajstić information content (AvgIpc) is 2.47. The lowest BCUT2D eigenvalue weighted by atomic mass is 10.2. The average molecular weight is 327 g/mol. The second-order valence-electron chi connectivity index (χ2n) is 4.75. The van der Waals surface area contributed by atoms with Crippen molar-refractivity contribution in [1.29, 1.82) is 0 Å². The molecule has 22 heavy (non-hydrogen) atoms. The van der Waals surface area contributed by atoms with Crippen LogP contribution in [-0.4, -0.2) is 42.1 Å². The maximum Gasteiger partial charge on any atom is 0.326 e. The van der Waals surface area contributed by atoms with Gasteiger partial charge < -0.3 is 15.2 Å². The molecule has 0 saturated heterocycles. The Balaban J connectivity index is 2.15. The number of carboxylic acid groups (broad SMARTS) is 1. The van der Waals surface area contributed by atoms with Gasteiger partial charge in [0, 0.05) is 5.02 Å². The van der Waals surface area contributed by atoms with Crippen LogP contribution in [0.3, 0.4) is 0 Å². The molecule has 1 atom stereocenters. The zero-order valence-corrected chi connectivity index (χ0v) is 12.6. The molecule has 1 aromatic carbocycles. The van der Waals surface area contributed by atoms with Gasteiger partial charge in [-0.3, -0.25) is 14.5 Å². The Morgan fingerprint density at radius 3 is 2.86 bits per heavy atom. The summed E-state index contributed by atoms with van der Waals surface area (Å²) in [5.41, 5.74) is 0.391. The Hall–Kier alpha value is -2.28. The fourth-order valence-corrected chi connectivity index (χ4v) is 2.24. The van der Waals surface area contributed by atoms with Crippen LogP contribution >= 0.6 is 11.6 Å². The first-order chi connectivity index (χ1) is 10.4. The number of fused-ring (bicyclic) bond motifs is 1. The number of carboxylic acids is 1. The van der Waals surface area contributed by atoms with Crippen LogP contribution in [0.15, 0.2) is 18.2 Å². The van der Waals surface area contributed by atoms with Crippen molar-refractivity contribution in [1.82, 2.24) is 5.32 Å². The number of anilines is 1. The second-order valence-corrected chi connectivity index (χ2v) is 5.18. The van der Waals surface area contributed by atoms with Gasteiger partial charge in [-0.05, 0) is 24.6 Å². The number of nitrogens with one attached hydrogen (secondary N) is 1. The highest BCUT2D eigenvalue weighted by Crippen LogP contribution is 2.34. The monoisotopic (exact) mass is 326 g/mol. The van der Waals surface area contributed by atoms with Crippen LogP contribution in [0.5, 0.6) is 5.75 Å². The first-order valence-corrected chi connectivity index (χ1v) is 7.05. The first kappa shape index (κ1) is 16.1. The topological polar surface area (TPSA) is 95.9 Å². The Morgan fingerprint density at radius 1 is 1.50 bits per heavy atom. The number of hydrogen-bond donors (Lipinski definition) is 2. The zero-order chi connectivity index (χ0) is 16.3. The molecule has 8 heteroatoms. The van der Waals surface area contributed by atoms with Crippen LogP contribution < -0.4 is 15.0 Å². The number of halogens is 1. The molecule has 0 aromatic heterocycles. The highest BCUT2D eigenvalue weighted by Gasteiger charge is 2.28. The predicted octanol–water partition coefficient (Wildman–Crippen LogP) is 1.04. The van der Waals surface area contributed by atoms with Crippen LogP contribution in [0.1, 0.15) is 13.3 Å². The maximum atomic E-state index is 12.0. The fourth-order valence-electron chi connectivity index (χ4n) is 2.07. The van der Waals surface area contributed by atoms with Gasteiger partial charge in [-0.2, -0.15) is 0 Å². The predicted molar refractivity (Wildman–Crippen MR) is 79.2 cm³/mol. The van der Waals surface area contributed by atoms with E-state index in [2.05, 4.69) is 5.32 Å². The molecule has 1 heterocycles. The summed E-state index contributed by atoms with van der Waals surface area (Å²) in [6, 6.07) is 3.77. The molecule has 2 rings (SSSR count). The number of rotatable bonds is 5. The molecule has 7 nitrogen and oxygen atoms in total. The molecule has 0 bridgehead atoms. The number of carbonyl (C=O) groups excluding carboxylic acids is 2. The third kappa shape index (κ3) is 3.48. The van der Waals surface area contributed by atoms with Crippen molar-refractivity contribution < 1.29 is 24.2 Å². The van der Waals surface area contributed by atoms with Crippen LogP contribution in [0.2, 0.25) is 5.02 Å². The molecule has 0 fully saturated rings. The Kier molecular flexibility index (Phi) is 4.87. The smallest absolute Gasteiger partial charge is 0.326 e. The summed E-state index contributed by atoms with van der Waals surface area (Å²) in [5, 5.41) is 11.7. The van der Waals surface area contributed by atoms with Gasteiger partial charge in [0.15, 0.2) is 6.61 Å². The van der Waals surface area contributed by atoms with E-state index in [-0.39, 0.29) is 19.6 Å². The molecule has 0 spiro atoms. The van der Waals surface area contributed by atoms with Crippen LogP contribution in [0.4, 0.5) is 5.69 Å². The van der Waals surface area contributed by atoms with E-state index < -0.39 is 23.8 Å². The van der Waals surface area contributed by atoms with Crippen molar-refractivity contribution in [2.24, 2.45) is 0 Å². The largest absolute Gasteiger partial charge is 0.482 e. The summed E-state index contributed by atoms with van der Waals surface area (Å²) in [6.07, 6.45) is 0.251. The number of nitrogens with zero attached hydrogens (tertiary/aromatic N) is 1. The highest BCUT2D eigenvalue weighted by atomic mass is 35.5. The molecular formula is C14H15ClN2O5. The minimum absolute atomic E-state index is 0.182. The minimum atomic E-state index is -1.12. The number of hydrogen-bond acceptors (Lipinski definition) is 4. The standard InChI is InChI=1S/C14H15ClN2O5/c1-2-9(14(20)21)16-12(18)6-17-10-5-8(15)3-4-11(10)22-7-13(17)19/h3-5,9H,2,6-7H2,1H3,(H,16,18)(H,20,21). The molecule has 1 aliphatic rings. The Bertz CT molecular complexity index is 619. The molecule has 0 aliphatic carbocycles. The summed E-state index contributed by atoms with van der Waals surface area (Å²) in [5.74, 6) is -1.63. The molecule has 2 amide bonds. The lowest BCUT2D eigenvalue weighted by Crippen LogP contribution is -2.49. The fraction of sp³-hybridized carbons (Fsp3) is 0.357. The summed E-state index contributed by atoms with van der Waals surface area (Å²) in [4.78, 5) is 36.1. The van der Waals surface area contributed by atoms with Crippen LogP contribution in [0, 0.1) is 0 Å². The van der Waals surface area contributed by atoms with Crippen molar-refractivity contribution in [3.63, 3.8) is 0 Å². The Labute approximate surface area is 131 Å². The molecule has 1 aliphatic heterocycles. The Morgan fingerprint density at radius 2 is 2.23 bits per heavy atom. The summed E-state index contributed by atoms with van der Waals surface area (Å²) in [6.45, 7) is 1.17. The lowest BCUT2D eigenvalue weighted by Gasteiger charge is -2.29. The van der Waals surface area contributed by atoms with Crippen molar-refractivity contribution >= 4 is 35.1 Å². The van der Waals surface area contributed by atoms with E-state index in [0.29, 0.717) is 16.5 Å². The quantitative estimate of drug-likeness (QED) is 0.843. The third-order valence-corrected chi connectivity index (χ3v) is 3.44. The summed E-state index contributed by atoms with van der Waals surface area (Å²) in [7, 11) is 0. The van der Waals surface area contributed by atoms with E-state index in [0.717, 1.165) is 0 Å². The second kappa shape index (κ2) is 6.65. The van der Waals surface area contributed by atoms with E-state index in [9.17, 15) is 14.4 Å². The van der Waals surface area contributed by atoms with Gasteiger partial charge in [0.1, 0.15) is 18.3 Å². The van der Waals surface area contributed by atoms with Crippen LogP contribution in [0.25, 0.3) is 0 Å². The number of carbonyl (C=O) groups is 3. The minimum Gasteiger partial charge on any atom is -0.482 e.